The summed E-state index contributed by atoms with van der Waals surface area (Å²) in [6.45, 7) is 3.90. The number of halogens is 1. The minimum Gasteiger partial charge on any atom is -0.351 e. The molecule has 0 aliphatic heterocycles. The Morgan fingerprint density at radius 1 is 1.21 bits per heavy atom. The minimum absolute atomic E-state index is 0.149. The molecule has 1 aliphatic carbocycles. The summed E-state index contributed by atoms with van der Waals surface area (Å²) < 4.78 is 16.0. The Kier molecular flexibility index (Phi) is 5.51. The maximum Gasteiger partial charge on any atom is 0.255 e. The molecule has 1 aromatic carbocycles. The Morgan fingerprint density at radius 3 is 2.93 bits per heavy atom. The third-order valence-electron chi connectivity index (χ3n) is 5.35. The van der Waals surface area contributed by atoms with Crippen molar-refractivity contribution in [3.63, 3.8) is 0 Å². The Labute approximate surface area is 169 Å². The first kappa shape index (κ1) is 19.1. The van der Waals surface area contributed by atoms with Crippen molar-refractivity contribution < 1.29 is 4.39 Å². The third-order valence-corrected chi connectivity index (χ3v) is 5.35. The van der Waals surface area contributed by atoms with Gasteiger partial charge in [-0.25, -0.2) is 14.4 Å². The Hall–Kier alpha value is -3.28. The second-order valence-electron chi connectivity index (χ2n) is 7.35. The van der Waals surface area contributed by atoms with E-state index >= 15 is 0 Å². The van der Waals surface area contributed by atoms with E-state index < -0.39 is 5.82 Å². The predicted octanol–water partition coefficient (Wildman–Crippen LogP) is 4.59. The van der Waals surface area contributed by atoms with Crippen molar-refractivity contribution in [2.24, 2.45) is 5.92 Å². The molecule has 2 aromatic heterocycles. The number of anilines is 1. The lowest BCUT2D eigenvalue weighted by atomic mass is 9.86. The van der Waals surface area contributed by atoms with Gasteiger partial charge in [0, 0.05) is 29.6 Å². The van der Waals surface area contributed by atoms with E-state index in [1.807, 2.05) is 6.08 Å². The summed E-state index contributed by atoms with van der Waals surface area (Å²) in [5.41, 5.74) is 1.31. The average Bonchev–Trinajstić information content (AvgIpc) is 2.75. The van der Waals surface area contributed by atoms with Gasteiger partial charge in [-0.2, -0.15) is 0 Å². The summed E-state index contributed by atoms with van der Waals surface area (Å²) >= 11 is 0. The first-order valence-electron chi connectivity index (χ1n) is 9.84. The van der Waals surface area contributed by atoms with Gasteiger partial charge in [0.05, 0.1) is 6.20 Å². The molecule has 4 rings (SSSR count). The van der Waals surface area contributed by atoms with Gasteiger partial charge >= 0.3 is 0 Å². The molecule has 3 aromatic rings. The SMILES string of the molecule is C=C[C@@H]1CCC[C@H](Nc2ncc(F)c(-c3cccc(-n4ccccc4=O)c3)n2)C1. The number of allylic oxidation sites excluding steroid dienone is 1. The number of benzene rings is 1. The lowest BCUT2D eigenvalue weighted by molar-refractivity contribution is 0.388. The summed E-state index contributed by atoms with van der Waals surface area (Å²) in [5, 5.41) is 3.35. The monoisotopic (exact) mass is 390 g/mol. The summed E-state index contributed by atoms with van der Waals surface area (Å²) in [5.74, 6) is 0.404. The summed E-state index contributed by atoms with van der Waals surface area (Å²) in [6, 6.07) is 12.3. The molecule has 0 unspecified atom stereocenters. The molecule has 6 heteroatoms. The molecule has 29 heavy (non-hydrogen) atoms. The van der Waals surface area contributed by atoms with Crippen LogP contribution in [-0.2, 0) is 0 Å². The molecule has 2 atom stereocenters. The highest BCUT2D eigenvalue weighted by molar-refractivity contribution is 5.63. The molecule has 1 aliphatic rings. The fraction of sp³-hybridized carbons (Fsp3) is 0.261. The molecule has 148 valence electrons. The van der Waals surface area contributed by atoms with Gasteiger partial charge in [0.2, 0.25) is 5.95 Å². The quantitative estimate of drug-likeness (QED) is 0.648. The van der Waals surface area contributed by atoms with Gasteiger partial charge in [-0.05, 0) is 43.4 Å². The topological polar surface area (TPSA) is 59.8 Å². The van der Waals surface area contributed by atoms with Crippen LogP contribution in [0.25, 0.3) is 16.9 Å². The number of hydrogen-bond donors (Lipinski definition) is 1. The van der Waals surface area contributed by atoms with Crippen LogP contribution in [0.2, 0.25) is 0 Å². The lowest BCUT2D eigenvalue weighted by Crippen LogP contribution is -2.27. The zero-order chi connectivity index (χ0) is 20.2. The number of pyridine rings is 1. The highest BCUT2D eigenvalue weighted by atomic mass is 19.1. The van der Waals surface area contributed by atoms with Gasteiger partial charge in [0.25, 0.3) is 5.56 Å². The smallest absolute Gasteiger partial charge is 0.255 e. The largest absolute Gasteiger partial charge is 0.351 e. The van der Waals surface area contributed by atoms with Gasteiger partial charge in [-0.3, -0.25) is 9.36 Å². The van der Waals surface area contributed by atoms with Crippen LogP contribution in [0.4, 0.5) is 10.3 Å². The van der Waals surface area contributed by atoms with E-state index in [4.69, 9.17) is 0 Å². The molecule has 0 saturated heterocycles. The van der Waals surface area contributed by atoms with Crippen molar-refractivity contribution in [3.05, 3.63) is 83.7 Å². The number of nitrogens with one attached hydrogen (secondary N) is 1. The van der Waals surface area contributed by atoms with Crippen LogP contribution in [0.15, 0.2) is 72.3 Å². The molecule has 0 bridgehead atoms. The van der Waals surface area contributed by atoms with Crippen LogP contribution >= 0.6 is 0 Å². The van der Waals surface area contributed by atoms with Crippen LogP contribution in [0.3, 0.4) is 0 Å². The van der Waals surface area contributed by atoms with Gasteiger partial charge in [0.1, 0.15) is 5.69 Å². The molecule has 1 fully saturated rings. The Balaban J connectivity index is 1.63. The molecule has 1 saturated carbocycles. The van der Waals surface area contributed by atoms with Gasteiger partial charge in [-0.1, -0.05) is 30.7 Å². The second kappa shape index (κ2) is 8.39. The average molecular weight is 390 g/mol. The van der Waals surface area contributed by atoms with Gasteiger partial charge < -0.3 is 5.32 Å². The van der Waals surface area contributed by atoms with E-state index in [-0.39, 0.29) is 17.3 Å². The maximum absolute atomic E-state index is 14.5. The molecule has 2 heterocycles. The van der Waals surface area contributed by atoms with E-state index in [0.717, 1.165) is 25.7 Å². The Morgan fingerprint density at radius 2 is 2.10 bits per heavy atom. The first-order valence-corrected chi connectivity index (χ1v) is 9.84. The summed E-state index contributed by atoms with van der Waals surface area (Å²) in [4.78, 5) is 20.7. The highest BCUT2D eigenvalue weighted by Gasteiger charge is 2.21. The minimum atomic E-state index is -0.499. The van der Waals surface area contributed by atoms with E-state index in [2.05, 4.69) is 21.9 Å². The Bertz CT molecular complexity index is 1080. The van der Waals surface area contributed by atoms with Crippen LogP contribution in [0.5, 0.6) is 0 Å². The molecular weight excluding hydrogens is 367 g/mol. The van der Waals surface area contributed by atoms with Crippen molar-refractivity contribution in [1.29, 1.82) is 0 Å². The number of nitrogens with zero attached hydrogens (tertiary/aromatic N) is 3. The van der Waals surface area contributed by atoms with E-state index in [9.17, 15) is 9.18 Å². The first-order chi connectivity index (χ1) is 14.1. The molecule has 0 radical (unpaired) electrons. The third kappa shape index (κ3) is 4.26. The molecule has 0 spiro atoms. The number of hydrogen-bond acceptors (Lipinski definition) is 4. The lowest BCUT2D eigenvalue weighted by Gasteiger charge is -2.27. The van der Waals surface area contributed by atoms with Crippen molar-refractivity contribution >= 4 is 5.95 Å². The summed E-state index contributed by atoms with van der Waals surface area (Å²) in [7, 11) is 0. The molecular formula is C23H23FN4O. The van der Waals surface area contributed by atoms with Gasteiger partial charge in [0.15, 0.2) is 5.82 Å². The van der Waals surface area contributed by atoms with Crippen molar-refractivity contribution in [2.75, 3.05) is 5.32 Å². The number of rotatable bonds is 5. The maximum atomic E-state index is 14.5. The standard InChI is InChI=1S/C23H23FN4O/c1-2-16-7-5-9-18(13-16)26-23-25-15-20(24)22(27-23)17-8-6-10-19(14-17)28-12-4-3-11-21(28)29/h2-4,6,8,10-12,14-16,18H,1,5,7,9,13H2,(H,25,26,27)/t16-,18+/m1/s1. The fourth-order valence-electron chi connectivity index (χ4n) is 3.84. The van der Waals surface area contributed by atoms with Crippen molar-refractivity contribution in [3.8, 4) is 16.9 Å². The highest BCUT2D eigenvalue weighted by Crippen LogP contribution is 2.28. The zero-order valence-electron chi connectivity index (χ0n) is 16.1. The zero-order valence-corrected chi connectivity index (χ0v) is 16.1. The predicted molar refractivity (Wildman–Crippen MR) is 113 cm³/mol. The fourth-order valence-corrected chi connectivity index (χ4v) is 3.84. The van der Waals surface area contributed by atoms with Crippen molar-refractivity contribution in [2.45, 2.75) is 31.7 Å². The number of aromatic nitrogens is 3. The van der Waals surface area contributed by atoms with Crippen LogP contribution in [-0.4, -0.2) is 20.6 Å². The summed E-state index contributed by atoms with van der Waals surface area (Å²) in [6.07, 6.45) is 9.17. The second-order valence-corrected chi connectivity index (χ2v) is 7.35. The van der Waals surface area contributed by atoms with Crippen molar-refractivity contribution in [1.82, 2.24) is 14.5 Å². The van der Waals surface area contributed by atoms with Crippen LogP contribution in [0.1, 0.15) is 25.7 Å². The molecule has 5 nitrogen and oxygen atoms in total. The normalized spacial score (nSPS) is 18.9. The van der Waals surface area contributed by atoms with Crippen LogP contribution in [0, 0.1) is 11.7 Å². The van der Waals surface area contributed by atoms with E-state index in [1.54, 1.807) is 42.6 Å². The van der Waals surface area contributed by atoms with Gasteiger partial charge in [-0.15, -0.1) is 6.58 Å². The molecule has 0 amide bonds. The molecule has 1 N–H and O–H groups in total. The van der Waals surface area contributed by atoms with E-state index in [0.29, 0.717) is 23.1 Å². The van der Waals surface area contributed by atoms with Crippen LogP contribution < -0.4 is 10.9 Å². The van der Waals surface area contributed by atoms with E-state index in [1.165, 1.54) is 16.8 Å².